The molecule has 2 aliphatic heterocycles. The number of hydrogen-bond donors (Lipinski definition) is 1. The molecule has 2 aliphatic rings. The minimum Gasteiger partial charge on any atom is -0.480 e. The Bertz CT molecular complexity index is 362. The van der Waals surface area contributed by atoms with E-state index in [9.17, 15) is 14.7 Å². The predicted octanol–water partition coefficient (Wildman–Crippen LogP) is 1.24. The van der Waals surface area contributed by atoms with Crippen molar-refractivity contribution in [2.75, 3.05) is 6.54 Å². The molecule has 2 rings (SSSR count). The molecule has 1 N–H and O–H groups in total. The Morgan fingerprint density at radius 1 is 1.33 bits per heavy atom. The molecule has 2 heterocycles. The summed E-state index contributed by atoms with van der Waals surface area (Å²) in [6.07, 6.45) is 0.441. The maximum atomic E-state index is 12.0. The monoisotopic (exact) mass is 257 g/mol. The third kappa shape index (κ3) is 2.58. The SMILES string of the molecule is CC(C)(C)OC(=O)N1C[C@@H]2CC[C@@H](O2)[C@@H]1C(=O)O. The van der Waals surface area contributed by atoms with Gasteiger partial charge < -0.3 is 14.6 Å². The van der Waals surface area contributed by atoms with Crippen LogP contribution in [0.2, 0.25) is 0 Å². The predicted molar refractivity (Wildman–Crippen MR) is 62.3 cm³/mol. The molecular formula is C12H19NO5. The van der Waals surface area contributed by atoms with Crippen LogP contribution in [0.25, 0.3) is 0 Å². The van der Waals surface area contributed by atoms with Crippen molar-refractivity contribution in [2.24, 2.45) is 0 Å². The molecule has 0 aromatic rings. The first-order chi connectivity index (χ1) is 8.28. The molecule has 2 saturated heterocycles. The normalized spacial score (nSPS) is 31.3. The average Bonchev–Trinajstić information content (AvgIpc) is 2.56. The van der Waals surface area contributed by atoms with Crippen molar-refractivity contribution in [1.82, 2.24) is 4.90 Å². The Hall–Kier alpha value is -1.30. The van der Waals surface area contributed by atoms with E-state index in [1.807, 2.05) is 0 Å². The number of likely N-dealkylation sites (tertiary alicyclic amines) is 1. The number of carboxylic acid groups (broad SMARTS) is 1. The number of carboxylic acids is 1. The van der Waals surface area contributed by atoms with Gasteiger partial charge in [0, 0.05) is 0 Å². The Morgan fingerprint density at radius 2 is 2.00 bits per heavy atom. The third-order valence-corrected chi connectivity index (χ3v) is 3.11. The maximum Gasteiger partial charge on any atom is 0.411 e. The summed E-state index contributed by atoms with van der Waals surface area (Å²) in [7, 11) is 0. The number of ether oxygens (including phenoxy) is 2. The Balaban J connectivity index is 2.14. The van der Waals surface area contributed by atoms with Crippen LogP contribution in [0.15, 0.2) is 0 Å². The number of rotatable bonds is 1. The number of fused-ring (bicyclic) bond motifs is 2. The van der Waals surface area contributed by atoms with E-state index in [2.05, 4.69) is 0 Å². The van der Waals surface area contributed by atoms with Gasteiger partial charge in [-0.15, -0.1) is 0 Å². The number of aliphatic carboxylic acids is 1. The third-order valence-electron chi connectivity index (χ3n) is 3.11. The van der Waals surface area contributed by atoms with Gasteiger partial charge in [0.2, 0.25) is 0 Å². The Morgan fingerprint density at radius 3 is 2.56 bits per heavy atom. The summed E-state index contributed by atoms with van der Waals surface area (Å²) in [5, 5.41) is 9.25. The van der Waals surface area contributed by atoms with Crippen molar-refractivity contribution in [3.05, 3.63) is 0 Å². The van der Waals surface area contributed by atoms with Crippen LogP contribution in [0.1, 0.15) is 33.6 Å². The number of carbonyl (C=O) groups excluding carboxylic acids is 1. The molecular weight excluding hydrogens is 238 g/mol. The number of nitrogens with zero attached hydrogens (tertiary/aromatic N) is 1. The van der Waals surface area contributed by atoms with E-state index in [1.165, 1.54) is 4.90 Å². The molecule has 6 heteroatoms. The van der Waals surface area contributed by atoms with Gasteiger partial charge in [-0.25, -0.2) is 9.59 Å². The first kappa shape index (κ1) is 13.1. The van der Waals surface area contributed by atoms with Gasteiger partial charge in [0.25, 0.3) is 0 Å². The molecule has 0 aromatic heterocycles. The van der Waals surface area contributed by atoms with E-state index in [0.29, 0.717) is 13.0 Å². The van der Waals surface area contributed by atoms with Crippen molar-refractivity contribution < 1.29 is 24.2 Å². The lowest BCUT2D eigenvalue weighted by Gasteiger charge is -2.38. The van der Waals surface area contributed by atoms with E-state index in [-0.39, 0.29) is 6.10 Å². The van der Waals surface area contributed by atoms with Crippen molar-refractivity contribution >= 4 is 12.1 Å². The van der Waals surface area contributed by atoms with Gasteiger partial charge >= 0.3 is 12.1 Å². The average molecular weight is 257 g/mol. The number of morpholine rings is 1. The van der Waals surface area contributed by atoms with Crippen molar-refractivity contribution in [2.45, 2.75) is 57.5 Å². The van der Waals surface area contributed by atoms with Crippen LogP contribution in [0, 0.1) is 0 Å². The number of hydrogen-bond acceptors (Lipinski definition) is 4. The molecule has 1 amide bonds. The highest BCUT2D eigenvalue weighted by atomic mass is 16.6. The molecule has 0 aliphatic carbocycles. The van der Waals surface area contributed by atoms with Crippen molar-refractivity contribution in [1.29, 1.82) is 0 Å². The van der Waals surface area contributed by atoms with Gasteiger partial charge in [0.1, 0.15) is 5.60 Å². The standard InChI is InChI=1S/C12H19NO5/c1-12(2,3)18-11(16)13-6-7-4-5-8(17-7)9(13)10(14)15/h7-9H,4-6H2,1-3H3,(H,14,15)/t7-,8+,9+/m0/s1. The maximum absolute atomic E-state index is 12.0. The van der Waals surface area contributed by atoms with Crippen LogP contribution in [0.4, 0.5) is 4.79 Å². The second kappa shape index (κ2) is 4.42. The van der Waals surface area contributed by atoms with Gasteiger partial charge in [-0.05, 0) is 33.6 Å². The first-order valence-corrected chi connectivity index (χ1v) is 6.16. The van der Waals surface area contributed by atoms with Gasteiger partial charge in [-0.2, -0.15) is 0 Å². The molecule has 6 nitrogen and oxygen atoms in total. The zero-order valence-electron chi connectivity index (χ0n) is 10.9. The quantitative estimate of drug-likeness (QED) is 0.764. The Labute approximate surface area is 106 Å². The van der Waals surface area contributed by atoms with Gasteiger partial charge in [-0.3, -0.25) is 4.90 Å². The molecule has 0 aromatic carbocycles. The largest absolute Gasteiger partial charge is 0.480 e. The zero-order valence-corrected chi connectivity index (χ0v) is 10.9. The smallest absolute Gasteiger partial charge is 0.411 e. The Kier molecular flexibility index (Phi) is 3.23. The molecule has 0 spiro atoms. The van der Waals surface area contributed by atoms with Crippen LogP contribution in [-0.4, -0.2) is 52.5 Å². The highest BCUT2D eigenvalue weighted by Gasteiger charge is 2.48. The van der Waals surface area contributed by atoms with E-state index >= 15 is 0 Å². The summed E-state index contributed by atoms with van der Waals surface area (Å²) < 4.78 is 10.8. The highest BCUT2D eigenvalue weighted by molar-refractivity contribution is 5.81. The van der Waals surface area contributed by atoms with Gasteiger partial charge in [-0.1, -0.05) is 0 Å². The van der Waals surface area contributed by atoms with Crippen LogP contribution in [-0.2, 0) is 14.3 Å². The summed E-state index contributed by atoms with van der Waals surface area (Å²) in [6, 6.07) is -0.932. The molecule has 3 atom stereocenters. The lowest BCUT2D eigenvalue weighted by Crippen LogP contribution is -2.57. The summed E-state index contributed by atoms with van der Waals surface area (Å²) in [6.45, 7) is 5.57. The molecule has 0 radical (unpaired) electrons. The minimum atomic E-state index is -1.04. The number of amides is 1. The molecule has 0 saturated carbocycles. The van der Waals surface area contributed by atoms with E-state index in [0.717, 1.165) is 6.42 Å². The summed E-state index contributed by atoms with van der Waals surface area (Å²) >= 11 is 0. The minimum absolute atomic E-state index is 0.0573. The zero-order chi connectivity index (χ0) is 13.5. The van der Waals surface area contributed by atoms with Gasteiger partial charge in [0.15, 0.2) is 6.04 Å². The fourth-order valence-electron chi connectivity index (χ4n) is 2.43. The lowest BCUT2D eigenvalue weighted by atomic mass is 10.1. The second-order valence-corrected chi connectivity index (χ2v) is 5.79. The highest BCUT2D eigenvalue weighted by Crippen LogP contribution is 2.32. The summed E-state index contributed by atoms with van der Waals surface area (Å²) in [5.41, 5.74) is -0.627. The van der Waals surface area contributed by atoms with Crippen LogP contribution < -0.4 is 0 Å². The fourth-order valence-corrected chi connectivity index (χ4v) is 2.43. The molecule has 102 valence electrons. The van der Waals surface area contributed by atoms with E-state index < -0.39 is 29.8 Å². The van der Waals surface area contributed by atoms with Crippen molar-refractivity contribution in [3.8, 4) is 0 Å². The van der Waals surface area contributed by atoms with Gasteiger partial charge in [0.05, 0.1) is 18.8 Å². The van der Waals surface area contributed by atoms with E-state index in [1.54, 1.807) is 20.8 Å². The van der Waals surface area contributed by atoms with Crippen molar-refractivity contribution in [3.63, 3.8) is 0 Å². The molecule has 18 heavy (non-hydrogen) atoms. The lowest BCUT2D eigenvalue weighted by molar-refractivity contribution is -0.156. The summed E-state index contributed by atoms with van der Waals surface area (Å²) in [4.78, 5) is 24.6. The summed E-state index contributed by atoms with van der Waals surface area (Å²) in [5.74, 6) is -1.04. The number of carbonyl (C=O) groups is 2. The molecule has 0 unspecified atom stereocenters. The topological polar surface area (TPSA) is 76.1 Å². The van der Waals surface area contributed by atoms with Crippen LogP contribution >= 0.6 is 0 Å². The first-order valence-electron chi connectivity index (χ1n) is 6.16. The van der Waals surface area contributed by atoms with E-state index in [4.69, 9.17) is 9.47 Å². The van der Waals surface area contributed by atoms with Crippen LogP contribution in [0.5, 0.6) is 0 Å². The fraction of sp³-hybridized carbons (Fsp3) is 0.833. The second-order valence-electron chi connectivity index (χ2n) is 5.79. The van der Waals surface area contributed by atoms with Crippen LogP contribution in [0.3, 0.4) is 0 Å². The molecule has 2 fully saturated rings. The molecule has 2 bridgehead atoms.